The lowest BCUT2D eigenvalue weighted by molar-refractivity contribution is -0.416. The van der Waals surface area contributed by atoms with Gasteiger partial charge in [0.2, 0.25) is 5.84 Å². The van der Waals surface area contributed by atoms with E-state index in [9.17, 15) is 10.1 Å². The first-order valence-electron chi connectivity index (χ1n) is 5.39. The maximum absolute atomic E-state index is 10.9. The third-order valence-electron chi connectivity index (χ3n) is 2.31. The van der Waals surface area contributed by atoms with Crippen LogP contribution in [0.5, 0.6) is 0 Å². The number of nitrogens with two attached hydrogens (primary N) is 1. The van der Waals surface area contributed by atoms with Gasteiger partial charge in [-0.2, -0.15) is 5.26 Å². The van der Waals surface area contributed by atoms with Crippen molar-refractivity contribution < 1.29 is 4.92 Å². The lowest BCUT2D eigenvalue weighted by atomic mass is 10.2. The molecular formula is C12H13N5O2. The zero-order valence-corrected chi connectivity index (χ0v) is 10.3. The Morgan fingerprint density at radius 2 is 2.16 bits per heavy atom. The van der Waals surface area contributed by atoms with Crippen LogP contribution in [0.4, 0.5) is 0 Å². The molecular weight excluding hydrogens is 246 g/mol. The van der Waals surface area contributed by atoms with Gasteiger partial charge in [0.05, 0.1) is 4.92 Å². The third kappa shape index (κ3) is 3.81. The summed E-state index contributed by atoms with van der Waals surface area (Å²) in [7, 11) is 1.39. The minimum atomic E-state index is -0.723. The van der Waals surface area contributed by atoms with Crippen LogP contribution < -0.4 is 11.1 Å². The number of nitro groups is 1. The summed E-state index contributed by atoms with van der Waals surface area (Å²) < 4.78 is 0. The van der Waals surface area contributed by atoms with Crippen LogP contribution in [0.25, 0.3) is 0 Å². The van der Waals surface area contributed by atoms with Crippen LogP contribution in [0.1, 0.15) is 5.56 Å². The SMILES string of the molecule is CN=C(NCc1ccccc1)C(=C(N)C#N)[N+](=O)[O-]. The Kier molecular flexibility index (Phi) is 5.04. The largest absolute Gasteiger partial charge is 0.384 e. The number of amidine groups is 1. The Labute approximate surface area is 110 Å². The summed E-state index contributed by atoms with van der Waals surface area (Å²) in [5, 5.41) is 22.4. The molecule has 1 rings (SSSR count). The predicted molar refractivity (Wildman–Crippen MR) is 70.5 cm³/mol. The van der Waals surface area contributed by atoms with E-state index >= 15 is 0 Å². The van der Waals surface area contributed by atoms with Gasteiger partial charge in [-0.15, -0.1) is 0 Å². The fraction of sp³-hybridized carbons (Fsp3) is 0.167. The number of allylic oxidation sites excluding steroid dienone is 1. The molecule has 7 nitrogen and oxygen atoms in total. The third-order valence-corrected chi connectivity index (χ3v) is 2.31. The van der Waals surface area contributed by atoms with E-state index in [1.807, 2.05) is 30.3 Å². The lowest BCUT2D eigenvalue weighted by Gasteiger charge is -2.07. The Morgan fingerprint density at radius 1 is 1.53 bits per heavy atom. The van der Waals surface area contributed by atoms with Crippen LogP contribution in [0.3, 0.4) is 0 Å². The van der Waals surface area contributed by atoms with Gasteiger partial charge in [-0.25, -0.2) is 0 Å². The molecule has 19 heavy (non-hydrogen) atoms. The Bertz CT molecular complexity index is 557. The van der Waals surface area contributed by atoms with Gasteiger partial charge in [0.25, 0.3) is 0 Å². The van der Waals surface area contributed by atoms with E-state index in [4.69, 9.17) is 11.0 Å². The van der Waals surface area contributed by atoms with E-state index in [0.29, 0.717) is 6.54 Å². The quantitative estimate of drug-likeness (QED) is 0.272. The molecule has 0 heterocycles. The van der Waals surface area contributed by atoms with Crippen LogP contribution in [-0.4, -0.2) is 17.8 Å². The maximum Gasteiger partial charge on any atom is 0.344 e. The van der Waals surface area contributed by atoms with Gasteiger partial charge in [-0.05, 0) is 5.56 Å². The molecule has 3 N–H and O–H groups in total. The van der Waals surface area contributed by atoms with Crippen LogP contribution in [0, 0.1) is 21.4 Å². The molecule has 0 aliphatic rings. The van der Waals surface area contributed by atoms with Crippen molar-refractivity contribution in [3.8, 4) is 6.07 Å². The Balaban J connectivity index is 2.91. The topological polar surface area (TPSA) is 117 Å². The molecule has 0 aliphatic heterocycles. The highest BCUT2D eigenvalue weighted by atomic mass is 16.6. The summed E-state index contributed by atoms with van der Waals surface area (Å²) in [5.41, 5.74) is 5.26. The maximum atomic E-state index is 10.9. The van der Waals surface area contributed by atoms with Gasteiger partial charge in [-0.1, -0.05) is 30.3 Å². The molecule has 0 unspecified atom stereocenters. The summed E-state index contributed by atoms with van der Waals surface area (Å²) >= 11 is 0. The van der Waals surface area contributed by atoms with E-state index in [1.54, 1.807) is 6.07 Å². The highest BCUT2D eigenvalue weighted by Gasteiger charge is 2.23. The molecule has 0 saturated carbocycles. The Hall–Kier alpha value is -2.88. The first-order valence-corrected chi connectivity index (χ1v) is 5.39. The summed E-state index contributed by atoms with van der Waals surface area (Å²) in [6.07, 6.45) is 0. The first kappa shape index (κ1) is 14.2. The highest BCUT2D eigenvalue weighted by molar-refractivity contribution is 5.97. The fourth-order valence-electron chi connectivity index (χ4n) is 1.42. The molecule has 0 aliphatic carbocycles. The van der Waals surface area contributed by atoms with Crippen LogP contribution in [0.2, 0.25) is 0 Å². The monoisotopic (exact) mass is 259 g/mol. The number of rotatable bonds is 4. The molecule has 0 radical (unpaired) electrons. The second kappa shape index (κ2) is 6.76. The molecule has 0 bridgehead atoms. The smallest absolute Gasteiger partial charge is 0.344 e. The van der Waals surface area contributed by atoms with E-state index in [1.165, 1.54) is 7.05 Å². The van der Waals surface area contributed by atoms with Gasteiger partial charge in [0.1, 0.15) is 6.07 Å². The number of nitrogens with zero attached hydrogens (tertiary/aromatic N) is 3. The number of nitrogens with one attached hydrogen (secondary N) is 1. The van der Waals surface area contributed by atoms with Gasteiger partial charge in [-0.3, -0.25) is 15.1 Å². The average molecular weight is 259 g/mol. The number of benzene rings is 1. The summed E-state index contributed by atoms with van der Waals surface area (Å²) in [6.45, 7) is 0.351. The van der Waals surface area contributed by atoms with Crippen molar-refractivity contribution >= 4 is 5.84 Å². The molecule has 1 aromatic rings. The minimum Gasteiger partial charge on any atom is -0.384 e. The number of hydrogen-bond acceptors (Lipinski definition) is 5. The molecule has 0 aromatic heterocycles. The standard InChI is InChI=1S/C12H13N5O2/c1-15-12(11(17(18)19)10(14)7-13)16-8-9-5-3-2-4-6-9/h2-6H,8,14H2,1H3,(H,15,16). The molecule has 0 amide bonds. The number of hydrogen-bond donors (Lipinski definition) is 2. The molecule has 0 spiro atoms. The summed E-state index contributed by atoms with van der Waals surface area (Å²) in [4.78, 5) is 14.0. The van der Waals surface area contributed by atoms with Gasteiger partial charge in [0, 0.05) is 13.6 Å². The summed E-state index contributed by atoms with van der Waals surface area (Å²) in [6, 6.07) is 10.9. The predicted octanol–water partition coefficient (Wildman–Crippen LogP) is 0.775. The van der Waals surface area contributed by atoms with Crippen molar-refractivity contribution in [1.29, 1.82) is 5.26 Å². The normalized spacial score (nSPS) is 12.3. The van der Waals surface area contributed by atoms with Crippen LogP contribution in [0.15, 0.2) is 46.7 Å². The van der Waals surface area contributed by atoms with Crippen LogP contribution >= 0.6 is 0 Å². The van der Waals surface area contributed by atoms with E-state index in [0.717, 1.165) is 5.56 Å². The van der Waals surface area contributed by atoms with Crippen LogP contribution in [-0.2, 0) is 6.54 Å². The molecule has 0 fully saturated rings. The van der Waals surface area contributed by atoms with E-state index in [-0.39, 0.29) is 5.84 Å². The van der Waals surface area contributed by atoms with Crippen molar-refractivity contribution in [1.82, 2.24) is 5.32 Å². The average Bonchev–Trinajstić information content (AvgIpc) is 2.43. The molecule has 98 valence electrons. The van der Waals surface area contributed by atoms with E-state index < -0.39 is 16.3 Å². The first-order chi connectivity index (χ1) is 9.10. The second-order valence-corrected chi connectivity index (χ2v) is 3.54. The van der Waals surface area contributed by atoms with Crippen molar-refractivity contribution in [2.45, 2.75) is 6.54 Å². The van der Waals surface area contributed by atoms with Gasteiger partial charge in [0.15, 0.2) is 5.70 Å². The zero-order chi connectivity index (χ0) is 14.3. The Morgan fingerprint density at radius 3 is 2.63 bits per heavy atom. The number of nitriles is 1. The van der Waals surface area contributed by atoms with Crippen molar-refractivity contribution in [3.05, 3.63) is 57.4 Å². The lowest BCUT2D eigenvalue weighted by Crippen LogP contribution is -2.30. The zero-order valence-electron chi connectivity index (χ0n) is 10.3. The molecule has 1 aromatic carbocycles. The van der Waals surface area contributed by atoms with Gasteiger partial charge < -0.3 is 11.1 Å². The highest BCUT2D eigenvalue weighted by Crippen LogP contribution is 2.04. The molecule has 7 heteroatoms. The van der Waals surface area contributed by atoms with Crippen molar-refractivity contribution in [2.24, 2.45) is 10.7 Å². The van der Waals surface area contributed by atoms with Crippen molar-refractivity contribution in [3.63, 3.8) is 0 Å². The van der Waals surface area contributed by atoms with E-state index in [2.05, 4.69) is 10.3 Å². The summed E-state index contributed by atoms with van der Waals surface area (Å²) in [5.74, 6) is -0.0205. The molecule has 0 atom stereocenters. The number of aliphatic imine (C=N–C) groups is 1. The van der Waals surface area contributed by atoms with Crippen molar-refractivity contribution in [2.75, 3.05) is 7.05 Å². The molecule has 0 saturated heterocycles. The minimum absolute atomic E-state index is 0.0205. The van der Waals surface area contributed by atoms with Gasteiger partial charge >= 0.3 is 5.70 Å². The fourth-order valence-corrected chi connectivity index (χ4v) is 1.42. The second-order valence-electron chi connectivity index (χ2n) is 3.54.